The smallest absolute Gasteiger partial charge is 0.0474 e. The van der Waals surface area contributed by atoms with Gasteiger partial charge in [-0.05, 0) is 12.8 Å². The predicted molar refractivity (Wildman–Crippen MR) is 55.0 cm³/mol. The van der Waals surface area contributed by atoms with Crippen molar-refractivity contribution < 1.29 is 4.74 Å². The second-order valence-corrected chi connectivity index (χ2v) is 3.65. The van der Waals surface area contributed by atoms with E-state index in [1.54, 1.807) is 7.11 Å². The van der Waals surface area contributed by atoms with Gasteiger partial charge in [0.1, 0.15) is 0 Å². The van der Waals surface area contributed by atoms with Crippen LogP contribution in [0.25, 0.3) is 0 Å². The van der Waals surface area contributed by atoms with E-state index < -0.39 is 0 Å². The maximum atomic E-state index is 5.06. The Morgan fingerprint density at radius 3 is 3.08 bits per heavy atom. The maximum Gasteiger partial charge on any atom is 0.0474 e. The normalized spacial score (nSPS) is 24.9. The van der Waals surface area contributed by atoms with E-state index in [2.05, 4.69) is 17.1 Å². The lowest BCUT2D eigenvalue weighted by Crippen LogP contribution is -2.51. The number of ether oxygens (including phenoxy) is 1. The number of nitrogens with one attached hydrogen (secondary N) is 1. The molecule has 1 rings (SSSR count). The summed E-state index contributed by atoms with van der Waals surface area (Å²) in [7, 11) is 1.77. The fourth-order valence-corrected chi connectivity index (χ4v) is 1.91. The molecule has 1 saturated heterocycles. The Morgan fingerprint density at radius 1 is 1.54 bits per heavy atom. The highest BCUT2D eigenvalue weighted by atomic mass is 16.5. The number of rotatable bonds is 5. The van der Waals surface area contributed by atoms with Crippen molar-refractivity contribution in [2.45, 2.75) is 25.8 Å². The molecule has 1 N–H and O–H groups in total. The van der Waals surface area contributed by atoms with Gasteiger partial charge in [-0.1, -0.05) is 6.92 Å². The summed E-state index contributed by atoms with van der Waals surface area (Å²) in [5.41, 5.74) is 0. The van der Waals surface area contributed by atoms with Gasteiger partial charge in [-0.2, -0.15) is 0 Å². The van der Waals surface area contributed by atoms with Gasteiger partial charge in [0.25, 0.3) is 0 Å². The lowest BCUT2D eigenvalue weighted by atomic mass is 10.1. The highest BCUT2D eigenvalue weighted by Gasteiger charge is 2.19. The number of hydrogen-bond donors (Lipinski definition) is 1. The first kappa shape index (κ1) is 11.0. The lowest BCUT2D eigenvalue weighted by Gasteiger charge is -2.35. The molecule has 0 aromatic carbocycles. The molecule has 13 heavy (non-hydrogen) atoms. The molecule has 0 aromatic rings. The molecule has 1 unspecified atom stereocenters. The van der Waals surface area contributed by atoms with Gasteiger partial charge >= 0.3 is 0 Å². The zero-order chi connectivity index (χ0) is 9.52. The van der Waals surface area contributed by atoms with Crippen LogP contribution in [0.2, 0.25) is 0 Å². The Balaban J connectivity index is 2.19. The molecule has 1 aliphatic heterocycles. The van der Waals surface area contributed by atoms with Crippen LogP contribution in [0.4, 0.5) is 0 Å². The highest BCUT2D eigenvalue weighted by molar-refractivity contribution is 4.78. The van der Waals surface area contributed by atoms with E-state index in [4.69, 9.17) is 4.74 Å². The molecule has 78 valence electrons. The van der Waals surface area contributed by atoms with Gasteiger partial charge in [0.2, 0.25) is 0 Å². The quantitative estimate of drug-likeness (QED) is 0.640. The average Bonchev–Trinajstić information content (AvgIpc) is 2.19. The Morgan fingerprint density at radius 2 is 2.38 bits per heavy atom. The van der Waals surface area contributed by atoms with Crippen LogP contribution in [0.15, 0.2) is 0 Å². The summed E-state index contributed by atoms with van der Waals surface area (Å²) in [5.74, 6) is 0. The van der Waals surface area contributed by atoms with E-state index in [1.807, 2.05) is 0 Å². The van der Waals surface area contributed by atoms with E-state index >= 15 is 0 Å². The minimum absolute atomic E-state index is 0.741. The first-order valence-corrected chi connectivity index (χ1v) is 5.32. The van der Waals surface area contributed by atoms with E-state index in [0.29, 0.717) is 0 Å². The largest absolute Gasteiger partial charge is 0.385 e. The first-order valence-electron chi connectivity index (χ1n) is 5.32. The van der Waals surface area contributed by atoms with Crippen LogP contribution in [-0.4, -0.2) is 50.8 Å². The van der Waals surface area contributed by atoms with Crippen molar-refractivity contribution >= 4 is 0 Å². The number of nitrogens with zero attached hydrogens (tertiary/aromatic N) is 1. The molecule has 1 heterocycles. The molecule has 0 saturated carbocycles. The van der Waals surface area contributed by atoms with Gasteiger partial charge < -0.3 is 10.1 Å². The Bertz CT molecular complexity index is 130. The zero-order valence-electron chi connectivity index (χ0n) is 8.88. The van der Waals surface area contributed by atoms with Crippen molar-refractivity contribution in [2.75, 3.05) is 39.9 Å². The van der Waals surface area contributed by atoms with Crippen molar-refractivity contribution in [3.63, 3.8) is 0 Å². The van der Waals surface area contributed by atoms with Crippen molar-refractivity contribution in [2.24, 2.45) is 0 Å². The first-order chi connectivity index (χ1) is 6.38. The van der Waals surface area contributed by atoms with Gasteiger partial charge in [-0.25, -0.2) is 0 Å². The van der Waals surface area contributed by atoms with Crippen LogP contribution in [0, 0.1) is 0 Å². The fraction of sp³-hybridized carbons (Fsp3) is 1.00. The monoisotopic (exact) mass is 186 g/mol. The molecule has 0 radical (unpaired) electrons. The Kier molecular flexibility index (Phi) is 5.35. The standard InChI is InChI=1S/C10H22N2O/c1-3-10-9-11-5-7-12(10)6-4-8-13-2/h10-11H,3-9H2,1-2H3. The summed E-state index contributed by atoms with van der Waals surface area (Å²) in [5, 5.41) is 3.43. The van der Waals surface area contributed by atoms with Crippen LogP contribution in [0.5, 0.6) is 0 Å². The van der Waals surface area contributed by atoms with Crippen LogP contribution < -0.4 is 5.32 Å². The summed E-state index contributed by atoms with van der Waals surface area (Å²) in [6, 6.07) is 0.741. The van der Waals surface area contributed by atoms with E-state index in [0.717, 1.165) is 32.2 Å². The second-order valence-electron chi connectivity index (χ2n) is 3.65. The predicted octanol–water partition coefficient (Wildman–Crippen LogP) is 0.707. The summed E-state index contributed by atoms with van der Waals surface area (Å²) in [6.07, 6.45) is 2.41. The van der Waals surface area contributed by atoms with E-state index in [-0.39, 0.29) is 0 Å². The summed E-state index contributed by atoms with van der Waals surface area (Å²) >= 11 is 0. The molecular weight excluding hydrogens is 164 g/mol. The molecule has 0 bridgehead atoms. The number of hydrogen-bond acceptors (Lipinski definition) is 3. The Hall–Kier alpha value is -0.120. The molecule has 0 spiro atoms. The van der Waals surface area contributed by atoms with Gasteiger partial charge in [0.15, 0.2) is 0 Å². The summed E-state index contributed by atoms with van der Waals surface area (Å²) in [4.78, 5) is 2.58. The maximum absolute atomic E-state index is 5.06. The van der Waals surface area contributed by atoms with Crippen LogP contribution in [0.3, 0.4) is 0 Å². The minimum Gasteiger partial charge on any atom is -0.385 e. The highest BCUT2D eigenvalue weighted by Crippen LogP contribution is 2.07. The molecule has 1 fully saturated rings. The van der Waals surface area contributed by atoms with Gasteiger partial charge in [-0.15, -0.1) is 0 Å². The summed E-state index contributed by atoms with van der Waals surface area (Å²) in [6.45, 7) is 7.84. The molecular formula is C10H22N2O. The van der Waals surface area contributed by atoms with Gasteiger partial charge in [0, 0.05) is 45.9 Å². The Labute approximate surface area is 81.4 Å². The SMILES string of the molecule is CCC1CNCCN1CCCOC. The van der Waals surface area contributed by atoms with Crippen LogP contribution >= 0.6 is 0 Å². The number of methoxy groups -OCH3 is 1. The third kappa shape index (κ3) is 3.63. The average molecular weight is 186 g/mol. The van der Waals surface area contributed by atoms with Gasteiger partial charge in [0.05, 0.1) is 0 Å². The van der Waals surface area contributed by atoms with Crippen molar-refractivity contribution in [3.8, 4) is 0 Å². The molecule has 0 amide bonds. The van der Waals surface area contributed by atoms with Crippen LogP contribution in [-0.2, 0) is 4.74 Å². The third-order valence-electron chi connectivity index (χ3n) is 2.74. The van der Waals surface area contributed by atoms with Crippen molar-refractivity contribution in [1.82, 2.24) is 10.2 Å². The topological polar surface area (TPSA) is 24.5 Å². The third-order valence-corrected chi connectivity index (χ3v) is 2.74. The molecule has 0 aromatic heterocycles. The molecule has 0 aliphatic carbocycles. The van der Waals surface area contributed by atoms with Crippen molar-refractivity contribution in [1.29, 1.82) is 0 Å². The van der Waals surface area contributed by atoms with Crippen LogP contribution in [0.1, 0.15) is 19.8 Å². The lowest BCUT2D eigenvalue weighted by molar-refractivity contribution is 0.128. The molecule has 1 aliphatic rings. The minimum atomic E-state index is 0.741. The summed E-state index contributed by atoms with van der Waals surface area (Å²) < 4.78 is 5.06. The molecule has 1 atom stereocenters. The zero-order valence-corrected chi connectivity index (χ0v) is 8.88. The van der Waals surface area contributed by atoms with Crippen molar-refractivity contribution in [3.05, 3.63) is 0 Å². The molecule has 3 nitrogen and oxygen atoms in total. The fourth-order valence-electron chi connectivity index (χ4n) is 1.91. The van der Waals surface area contributed by atoms with E-state index in [9.17, 15) is 0 Å². The van der Waals surface area contributed by atoms with Gasteiger partial charge in [-0.3, -0.25) is 4.90 Å². The second kappa shape index (κ2) is 6.35. The molecule has 3 heteroatoms. The number of piperazine rings is 1. The van der Waals surface area contributed by atoms with E-state index in [1.165, 1.54) is 19.5 Å².